The minimum absolute atomic E-state index is 0.0423. The average molecular weight is 280 g/mol. The maximum absolute atomic E-state index is 11.6. The number of para-hydroxylation sites is 1. The molecule has 1 N–H and O–H groups in total. The lowest BCUT2D eigenvalue weighted by Crippen LogP contribution is -2.28. The molecule has 1 saturated heterocycles. The van der Waals surface area contributed by atoms with Crippen LogP contribution in [0.2, 0.25) is 0 Å². The third kappa shape index (κ3) is 3.71. The quantitative estimate of drug-likeness (QED) is 0.834. The molecule has 5 heteroatoms. The van der Waals surface area contributed by atoms with E-state index in [9.17, 15) is 9.90 Å². The molecule has 0 aromatic heterocycles. The zero-order chi connectivity index (χ0) is 14.4. The van der Waals surface area contributed by atoms with Gasteiger partial charge in [-0.15, -0.1) is 0 Å². The molecule has 0 radical (unpaired) electrons. The molecular weight excluding hydrogens is 260 g/mol. The zero-order valence-corrected chi connectivity index (χ0v) is 11.6. The number of esters is 1. The van der Waals surface area contributed by atoms with Crippen LogP contribution in [0.1, 0.15) is 31.4 Å². The lowest BCUT2D eigenvalue weighted by Gasteiger charge is -2.25. The summed E-state index contributed by atoms with van der Waals surface area (Å²) in [7, 11) is 0. The first kappa shape index (κ1) is 14.8. The van der Waals surface area contributed by atoms with Gasteiger partial charge in [-0.2, -0.15) is 0 Å². The number of rotatable bonds is 5. The van der Waals surface area contributed by atoms with Crippen molar-refractivity contribution in [2.24, 2.45) is 0 Å². The maximum atomic E-state index is 11.6. The largest absolute Gasteiger partial charge is 0.488 e. The predicted octanol–water partition coefficient (Wildman–Crippen LogP) is 1.84. The van der Waals surface area contributed by atoms with Crippen molar-refractivity contribution >= 4 is 5.97 Å². The summed E-state index contributed by atoms with van der Waals surface area (Å²) in [5, 5.41) is 10.0. The molecule has 20 heavy (non-hydrogen) atoms. The Morgan fingerprint density at radius 1 is 1.50 bits per heavy atom. The molecule has 1 heterocycles. The highest BCUT2D eigenvalue weighted by Crippen LogP contribution is 2.28. The van der Waals surface area contributed by atoms with E-state index in [4.69, 9.17) is 14.2 Å². The highest BCUT2D eigenvalue weighted by Gasteiger charge is 2.24. The van der Waals surface area contributed by atoms with Gasteiger partial charge in [0.25, 0.3) is 0 Å². The van der Waals surface area contributed by atoms with E-state index in [1.54, 1.807) is 31.2 Å². The van der Waals surface area contributed by atoms with Crippen molar-refractivity contribution in [3.05, 3.63) is 29.8 Å². The molecule has 0 spiro atoms. The third-order valence-electron chi connectivity index (χ3n) is 3.14. The second kappa shape index (κ2) is 7.26. The van der Waals surface area contributed by atoms with Crippen molar-refractivity contribution in [2.75, 3.05) is 19.8 Å². The monoisotopic (exact) mass is 280 g/mol. The summed E-state index contributed by atoms with van der Waals surface area (Å²) in [6.45, 7) is 3.22. The van der Waals surface area contributed by atoms with Crippen molar-refractivity contribution in [1.82, 2.24) is 0 Å². The number of hydrogen-bond acceptors (Lipinski definition) is 5. The normalized spacial score (nSPS) is 20.2. The minimum atomic E-state index is -1.32. The van der Waals surface area contributed by atoms with E-state index in [1.165, 1.54) is 0 Å². The molecule has 2 unspecified atom stereocenters. The second-order valence-corrected chi connectivity index (χ2v) is 4.65. The van der Waals surface area contributed by atoms with Gasteiger partial charge in [-0.1, -0.05) is 18.2 Å². The minimum Gasteiger partial charge on any atom is -0.488 e. The van der Waals surface area contributed by atoms with E-state index in [2.05, 4.69) is 0 Å². The number of hydrogen-bond donors (Lipinski definition) is 1. The first-order chi connectivity index (χ1) is 9.72. The van der Waals surface area contributed by atoms with E-state index in [1.807, 2.05) is 0 Å². The van der Waals surface area contributed by atoms with Crippen molar-refractivity contribution in [3.63, 3.8) is 0 Å². The number of carbonyl (C=O) groups excluding carboxylic acids is 1. The third-order valence-corrected chi connectivity index (χ3v) is 3.14. The van der Waals surface area contributed by atoms with Crippen LogP contribution < -0.4 is 4.74 Å². The van der Waals surface area contributed by atoms with Crippen LogP contribution in [0.25, 0.3) is 0 Å². The van der Waals surface area contributed by atoms with E-state index in [0.717, 1.165) is 19.4 Å². The van der Waals surface area contributed by atoms with Gasteiger partial charge in [-0.05, 0) is 25.8 Å². The molecule has 1 aromatic carbocycles. The molecule has 0 aliphatic carbocycles. The number of aliphatic hydroxyl groups excluding tert-OH is 1. The van der Waals surface area contributed by atoms with Crippen LogP contribution >= 0.6 is 0 Å². The van der Waals surface area contributed by atoms with Gasteiger partial charge < -0.3 is 19.3 Å². The first-order valence-corrected chi connectivity index (χ1v) is 6.90. The van der Waals surface area contributed by atoms with Gasteiger partial charge in [0.05, 0.1) is 13.2 Å². The first-order valence-electron chi connectivity index (χ1n) is 6.90. The van der Waals surface area contributed by atoms with Crippen molar-refractivity contribution in [3.8, 4) is 5.75 Å². The van der Waals surface area contributed by atoms with Gasteiger partial charge in [-0.25, -0.2) is 4.79 Å². The van der Waals surface area contributed by atoms with Crippen LogP contribution in [0.3, 0.4) is 0 Å². The van der Waals surface area contributed by atoms with Gasteiger partial charge in [0.2, 0.25) is 0 Å². The summed E-state index contributed by atoms with van der Waals surface area (Å²) in [6.07, 6.45) is 0.492. The molecule has 0 bridgehead atoms. The smallest absolute Gasteiger partial charge is 0.339 e. The number of benzene rings is 1. The fraction of sp³-hybridized carbons (Fsp3) is 0.533. The predicted molar refractivity (Wildman–Crippen MR) is 72.5 cm³/mol. The van der Waals surface area contributed by atoms with E-state index in [-0.39, 0.29) is 12.7 Å². The highest BCUT2D eigenvalue weighted by molar-refractivity contribution is 5.77. The molecule has 2 rings (SSSR count). The fourth-order valence-corrected chi connectivity index (χ4v) is 2.15. The molecule has 5 nitrogen and oxygen atoms in total. The summed E-state index contributed by atoms with van der Waals surface area (Å²) in [6, 6.07) is 6.97. The molecule has 1 aliphatic heterocycles. The number of ether oxygens (including phenoxy) is 3. The van der Waals surface area contributed by atoms with Gasteiger partial charge in [-0.3, -0.25) is 0 Å². The van der Waals surface area contributed by atoms with E-state index < -0.39 is 12.1 Å². The summed E-state index contributed by atoms with van der Waals surface area (Å²) >= 11 is 0. The number of carbonyl (C=O) groups is 1. The Labute approximate surface area is 118 Å². The topological polar surface area (TPSA) is 65.0 Å². The van der Waals surface area contributed by atoms with Crippen LogP contribution in [-0.4, -0.2) is 37.0 Å². The Morgan fingerprint density at radius 2 is 2.30 bits per heavy atom. The SMILES string of the molecule is CCOC(=O)C(O)c1ccccc1OC1CCCOC1. The molecule has 110 valence electrons. The molecule has 0 amide bonds. The summed E-state index contributed by atoms with van der Waals surface area (Å²) < 4.78 is 16.0. The van der Waals surface area contributed by atoms with Gasteiger partial charge >= 0.3 is 5.97 Å². The van der Waals surface area contributed by atoms with Gasteiger partial charge in [0, 0.05) is 12.2 Å². The standard InChI is InChI=1S/C15H20O5/c1-2-19-15(17)14(16)12-7-3-4-8-13(12)20-11-6-5-9-18-10-11/h3-4,7-8,11,14,16H,2,5-6,9-10H2,1H3. The molecule has 0 saturated carbocycles. The van der Waals surface area contributed by atoms with E-state index >= 15 is 0 Å². The average Bonchev–Trinajstić information content (AvgIpc) is 2.48. The van der Waals surface area contributed by atoms with Crippen LogP contribution in [0, 0.1) is 0 Å². The van der Waals surface area contributed by atoms with Crippen molar-refractivity contribution in [1.29, 1.82) is 0 Å². The fourth-order valence-electron chi connectivity index (χ4n) is 2.15. The maximum Gasteiger partial charge on any atom is 0.339 e. The Bertz CT molecular complexity index is 440. The molecule has 1 aromatic rings. The lowest BCUT2D eigenvalue weighted by atomic mass is 10.1. The van der Waals surface area contributed by atoms with Crippen LogP contribution in [0.5, 0.6) is 5.75 Å². The van der Waals surface area contributed by atoms with Crippen molar-refractivity contribution in [2.45, 2.75) is 32.0 Å². The lowest BCUT2D eigenvalue weighted by molar-refractivity contribution is -0.153. The molecular formula is C15H20O5. The highest BCUT2D eigenvalue weighted by atomic mass is 16.5. The van der Waals surface area contributed by atoms with Crippen LogP contribution in [0.15, 0.2) is 24.3 Å². The Balaban J connectivity index is 2.10. The summed E-state index contributed by atoms with van der Waals surface area (Å²) in [4.78, 5) is 11.6. The molecule has 2 atom stereocenters. The van der Waals surface area contributed by atoms with E-state index in [0.29, 0.717) is 17.9 Å². The van der Waals surface area contributed by atoms with Crippen LogP contribution in [-0.2, 0) is 14.3 Å². The van der Waals surface area contributed by atoms with Crippen LogP contribution in [0.4, 0.5) is 0 Å². The number of aliphatic hydroxyl groups is 1. The van der Waals surface area contributed by atoms with Gasteiger partial charge in [0.15, 0.2) is 6.10 Å². The summed E-state index contributed by atoms with van der Waals surface area (Å²) in [5.74, 6) is -0.160. The zero-order valence-electron chi connectivity index (χ0n) is 11.6. The Morgan fingerprint density at radius 3 is 3.00 bits per heavy atom. The molecule has 1 fully saturated rings. The Kier molecular flexibility index (Phi) is 5.38. The second-order valence-electron chi connectivity index (χ2n) is 4.65. The van der Waals surface area contributed by atoms with Crippen molar-refractivity contribution < 1.29 is 24.1 Å². The van der Waals surface area contributed by atoms with Gasteiger partial charge in [0.1, 0.15) is 11.9 Å². The Hall–Kier alpha value is -1.59. The summed E-state index contributed by atoms with van der Waals surface area (Å²) in [5.41, 5.74) is 0.427. The molecule has 1 aliphatic rings.